The number of benzene rings is 1. The lowest BCUT2D eigenvalue weighted by atomic mass is 9.95. The summed E-state index contributed by atoms with van der Waals surface area (Å²) < 4.78 is 22.3. The summed E-state index contributed by atoms with van der Waals surface area (Å²) in [4.78, 5) is 23.8. The molecule has 0 aliphatic carbocycles. The van der Waals surface area contributed by atoms with E-state index < -0.39 is 21.5 Å². The highest BCUT2D eigenvalue weighted by molar-refractivity contribution is 7.89. The van der Waals surface area contributed by atoms with Gasteiger partial charge in [0.25, 0.3) is 0 Å². The average Bonchev–Trinajstić information content (AvgIpc) is 2.45. The molecule has 0 aliphatic heterocycles. The Balaban J connectivity index is 2.47. The summed E-state index contributed by atoms with van der Waals surface area (Å²) in [6, 6.07) is 5.53. The molecule has 4 N–H and O–H groups in total. The third-order valence-electron chi connectivity index (χ3n) is 3.39. The van der Waals surface area contributed by atoms with Gasteiger partial charge >= 0.3 is 0 Å². The Bertz CT molecular complexity index is 691. The molecule has 7 nitrogen and oxygen atoms in total. The van der Waals surface area contributed by atoms with Gasteiger partial charge < -0.3 is 10.6 Å². The Morgan fingerprint density at radius 1 is 1.17 bits per heavy atom. The molecular weight excluding hydrogens is 330 g/mol. The molecule has 1 aromatic carbocycles. The van der Waals surface area contributed by atoms with Crippen LogP contribution in [-0.4, -0.2) is 32.8 Å². The normalized spacial score (nSPS) is 13.2. The maximum Gasteiger partial charge on any atom is 0.242 e. The predicted octanol–water partition coefficient (Wildman–Crippen LogP) is 0.544. The second-order valence-corrected chi connectivity index (χ2v) is 8.24. The molecule has 0 unspecified atom stereocenters. The first-order valence-electron chi connectivity index (χ1n) is 7.61. The predicted molar refractivity (Wildman–Crippen MR) is 91.6 cm³/mol. The molecule has 8 heteroatoms. The second kappa shape index (κ2) is 7.76. The number of carbonyl (C=O) groups excluding carboxylic acids is 2. The van der Waals surface area contributed by atoms with Gasteiger partial charge in [-0.3, -0.25) is 9.59 Å². The zero-order valence-electron chi connectivity index (χ0n) is 14.4. The van der Waals surface area contributed by atoms with E-state index in [0.29, 0.717) is 13.0 Å². The van der Waals surface area contributed by atoms with Gasteiger partial charge in [-0.1, -0.05) is 32.9 Å². The lowest BCUT2D eigenvalue weighted by molar-refractivity contribution is -0.133. The molecule has 2 amide bonds. The van der Waals surface area contributed by atoms with Crippen LogP contribution in [0.15, 0.2) is 29.2 Å². The summed E-state index contributed by atoms with van der Waals surface area (Å²) in [6.45, 7) is 7.33. The number of amides is 2. The fourth-order valence-electron chi connectivity index (χ4n) is 1.81. The van der Waals surface area contributed by atoms with E-state index >= 15 is 0 Å². The van der Waals surface area contributed by atoms with Crippen LogP contribution in [-0.2, 0) is 26.0 Å². The zero-order valence-corrected chi connectivity index (χ0v) is 15.2. The van der Waals surface area contributed by atoms with Crippen LogP contribution in [0, 0.1) is 5.41 Å². The Hall–Kier alpha value is -1.93. The molecule has 1 atom stereocenters. The molecular formula is C16H25N3O4S. The molecule has 0 aromatic heterocycles. The number of hydrogen-bond donors (Lipinski definition) is 3. The summed E-state index contributed by atoms with van der Waals surface area (Å²) >= 11 is 0. The molecule has 0 bridgehead atoms. The number of rotatable bonds is 6. The zero-order chi connectivity index (χ0) is 18.5. The fourth-order valence-corrected chi connectivity index (χ4v) is 2.32. The van der Waals surface area contributed by atoms with Crippen molar-refractivity contribution in [2.45, 2.75) is 45.1 Å². The van der Waals surface area contributed by atoms with E-state index in [-0.39, 0.29) is 16.7 Å². The molecule has 1 aromatic rings. The first-order valence-corrected chi connectivity index (χ1v) is 9.16. The smallest absolute Gasteiger partial charge is 0.242 e. The SMILES string of the molecule is C[C@@H](NC(=O)C(C)(C)C)C(=O)NCCc1ccc(S(N)(=O)=O)cc1. The van der Waals surface area contributed by atoms with Crippen molar-refractivity contribution in [1.82, 2.24) is 10.6 Å². The molecule has 0 radical (unpaired) electrons. The lowest BCUT2D eigenvalue weighted by Gasteiger charge is -2.21. The van der Waals surface area contributed by atoms with Gasteiger partial charge in [-0.2, -0.15) is 0 Å². The van der Waals surface area contributed by atoms with E-state index in [0.717, 1.165) is 5.56 Å². The van der Waals surface area contributed by atoms with Crippen LogP contribution in [0.4, 0.5) is 0 Å². The largest absolute Gasteiger partial charge is 0.354 e. The van der Waals surface area contributed by atoms with Gasteiger partial charge in [-0.25, -0.2) is 13.6 Å². The highest BCUT2D eigenvalue weighted by Gasteiger charge is 2.24. The Morgan fingerprint density at radius 3 is 2.17 bits per heavy atom. The van der Waals surface area contributed by atoms with E-state index in [9.17, 15) is 18.0 Å². The van der Waals surface area contributed by atoms with Crippen LogP contribution < -0.4 is 15.8 Å². The average molecular weight is 355 g/mol. The van der Waals surface area contributed by atoms with Crippen LogP contribution in [0.2, 0.25) is 0 Å². The monoisotopic (exact) mass is 355 g/mol. The maximum atomic E-state index is 12.0. The van der Waals surface area contributed by atoms with Crippen molar-refractivity contribution < 1.29 is 18.0 Å². The van der Waals surface area contributed by atoms with Gasteiger partial charge in [0.2, 0.25) is 21.8 Å². The van der Waals surface area contributed by atoms with Crippen molar-refractivity contribution in [3.8, 4) is 0 Å². The van der Waals surface area contributed by atoms with E-state index in [1.807, 2.05) is 0 Å². The Labute approximate surface area is 143 Å². The van der Waals surface area contributed by atoms with Crippen LogP contribution >= 0.6 is 0 Å². The van der Waals surface area contributed by atoms with Gasteiger partial charge in [0.05, 0.1) is 4.90 Å². The first-order chi connectivity index (χ1) is 10.9. The summed E-state index contributed by atoms with van der Waals surface area (Å²) in [5, 5.41) is 10.4. The number of sulfonamides is 1. The highest BCUT2D eigenvalue weighted by atomic mass is 32.2. The summed E-state index contributed by atoms with van der Waals surface area (Å²) in [5.74, 6) is -0.461. The molecule has 0 aliphatic rings. The van der Waals surface area contributed by atoms with Gasteiger partial charge in [0.1, 0.15) is 6.04 Å². The molecule has 0 saturated heterocycles. The highest BCUT2D eigenvalue weighted by Crippen LogP contribution is 2.13. The summed E-state index contributed by atoms with van der Waals surface area (Å²) in [7, 11) is -3.70. The van der Waals surface area contributed by atoms with E-state index in [2.05, 4.69) is 10.6 Å². The van der Waals surface area contributed by atoms with Crippen LogP contribution in [0.25, 0.3) is 0 Å². The van der Waals surface area contributed by atoms with Gasteiger partial charge in [-0.05, 0) is 31.0 Å². The summed E-state index contributed by atoms with van der Waals surface area (Å²) in [5.41, 5.74) is 0.314. The van der Waals surface area contributed by atoms with Crippen LogP contribution in [0.3, 0.4) is 0 Å². The number of nitrogens with two attached hydrogens (primary N) is 1. The van der Waals surface area contributed by atoms with Crippen molar-refractivity contribution in [3.63, 3.8) is 0 Å². The van der Waals surface area contributed by atoms with E-state index in [1.165, 1.54) is 12.1 Å². The summed E-state index contributed by atoms with van der Waals surface area (Å²) in [6.07, 6.45) is 0.538. The number of primary sulfonamides is 1. The molecule has 0 fully saturated rings. The van der Waals surface area contributed by atoms with E-state index in [4.69, 9.17) is 5.14 Å². The molecule has 24 heavy (non-hydrogen) atoms. The van der Waals surface area contributed by atoms with Crippen molar-refractivity contribution >= 4 is 21.8 Å². The third kappa shape index (κ3) is 6.29. The van der Waals surface area contributed by atoms with Crippen molar-refractivity contribution in [2.75, 3.05) is 6.54 Å². The van der Waals surface area contributed by atoms with Crippen molar-refractivity contribution in [1.29, 1.82) is 0 Å². The topological polar surface area (TPSA) is 118 Å². The fraction of sp³-hybridized carbons (Fsp3) is 0.500. The minimum Gasteiger partial charge on any atom is -0.354 e. The van der Waals surface area contributed by atoms with E-state index in [1.54, 1.807) is 39.8 Å². The minimum atomic E-state index is -3.70. The first kappa shape index (κ1) is 20.1. The second-order valence-electron chi connectivity index (χ2n) is 6.68. The van der Waals surface area contributed by atoms with Crippen molar-refractivity contribution in [2.24, 2.45) is 10.6 Å². The molecule has 0 heterocycles. The van der Waals surface area contributed by atoms with Gasteiger partial charge in [0, 0.05) is 12.0 Å². The number of nitrogens with one attached hydrogen (secondary N) is 2. The molecule has 0 saturated carbocycles. The van der Waals surface area contributed by atoms with Gasteiger partial charge in [-0.15, -0.1) is 0 Å². The number of hydrogen-bond acceptors (Lipinski definition) is 4. The minimum absolute atomic E-state index is 0.0498. The standard InChI is InChI=1S/C16H25N3O4S/c1-11(19-15(21)16(2,3)4)14(20)18-10-9-12-5-7-13(8-6-12)24(17,22)23/h5-8,11H,9-10H2,1-4H3,(H,18,20)(H,19,21)(H2,17,22,23)/t11-/m1/s1. The maximum absolute atomic E-state index is 12.0. The number of carbonyl (C=O) groups is 2. The van der Waals surface area contributed by atoms with Crippen molar-refractivity contribution in [3.05, 3.63) is 29.8 Å². The van der Waals surface area contributed by atoms with Crippen LogP contribution in [0.1, 0.15) is 33.3 Å². The lowest BCUT2D eigenvalue weighted by Crippen LogP contribution is -2.48. The van der Waals surface area contributed by atoms with Crippen LogP contribution in [0.5, 0.6) is 0 Å². The quantitative estimate of drug-likeness (QED) is 0.690. The molecule has 134 valence electrons. The third-order valence-corrected chi connectivity index (χ3v) is 4.32. The molecule has 1 rings (SSSR count). The molecule has 0 spiro atoms. The Morgan fingerprint density at radius 2 is 1.71 bits per heavy atom. The van der Waals surface area contributed by atoms with Gasteiger partial charge in [0.15, 0.2) is 0 Å². The Kier molecular flexibility index (Phi) is 6.50.